The van der Waals surface area contributed by atoms with Gasteiger partial charge in [0.1, 0.15) is 11.3 Å². The largest absolute Gasteiger partial charge is 0.480 e. The van der Waals surface area contributed by atoms with Crippen molar-refractivity contribution < 1.29 is 28.2 Å². The zero-order valence-corrected chi connectivity index (χ0v) is 10.6. The van der Waals surface area contributed by atoms with Crippen LogP contribution in [0.5, 0.6) is 0 Å². The third-order valence-electron chi connectivity index (χ3n) is 2.90. The number of amides is 1. The summed E-state index contributed by atoms with van der Waals surface area (Å²) >= 11 is 0. The summed E-state index contributed by atoms with van der Waals surface area (Å²) in [7, 11) is -3.48. The fourth-order valence-electron chi connectivity index (χ4n) is 1.90. The highest BCUT2D eigenvalue weighted by Gasteiger charge is 2.36. The second-order valence-corrected chi connectivity index (χ2v) is 6.57. The van der Waals surface area contributed by atoms with Crippen LogP contribution in [-0.4, -0.2) is 54.2 Å². The molecule has 0 spiro atoms. The number of nitrogens with one attached hydrogen (secondary N) is 1. The van der Waals surface area contributed by atoms with E-state index in [2.05, 4.69) is 5.32 Å². The smallest absolute Gasteiger partial charge is 0.326 e. The minimum Gasteiger partial charge on any atom is -0.480 e. The summed E-state index contributed by atoms with van der Waals surface area (Å²) in [5.41, 5.74) is 0. The van der Waals surface area contributed by atoms with Crippen molar-refractivity contribution in [2.45, 2.75) is 37.0 Å². The van der Waals surface area contributed by atoms with Crippen LogP contribution in [-0.2, 0) is 19.4 Å². The monoisotopic (exact) mass is 279 g/mol. The van der Waals surface area contributed by atoms with Crippen molar-refractivity contribution in [3.63, 3.8) is 0 Å². The molecule has 1 amide bonds. The van der Waals surface area contributed by atoms with Gasteiger partial charge in [0.15, 0.2) is 9.84 Å². The lowest BCUT2D eigenvalue weighted by molar-refractivity contribution is -0.142. The highest BCUT2D eigenvalue weighted by Crippen LogP contribution is 2.19. The first-order valence-corrected chi connectivity index (χ1v) is 7.45. The topological polar surface area (TPSA) is 121 Å². The van der Waals surface area contributed by atoms with Crippen LogP contribution in [0.4, 0.5) is 0 Å². The molecule has 0 aromatic rings. The molecule has 0 radical (unpaired) electrons. The van der Waals surface area contributed by atoms with Gasteiger partial charge in [0.05, 0.1) is 5.75 Å². The molecule has 1 heterocycles. The zero-order valence-electron chi connectivity index (χ0n) is 9.83. The summed E-state index contributed by atoms with van der Waals surface area (Å²) in [6.07, 6.45) is 1.24. The van der Waals surface area contributed by atoms with Gasteiger partial charge in [-0.3, -0.25) is 4.79 Å². The van der Waals surface area contributed by atoms with Crippen molar-refractivity contribution >= 4 is 21.7 Å². The molecule has 1 unspecified atom stereocenters. The number of rotatable bonds is 5. The van der Waals surface area contributed by atoms with Crippen LogP contribution in [0, 0.1) is 0 Å². The Hall–Kier alpha value is -1.15. The Morgan fingerprint density at radius 3 is 2.50 bits per heavy atom. The Bertz CT molecular complexity index is 418. The second kappa shape index (κ2) is 6.14. The molecule has 0 aromatic carbocycles. The summed E-state index contributed by atoms with van der Waals surface area (Å²) in [6.45, 7) is -0.394. The third kappa shape index (κ3) is 3.67. The van der Waals surface area contributed by atoms with Gasteiger partial charge >= 0.3 is 5.97 Å². The number of sulfone groups is 1. The molecule has 2 atom stereocenters. The average molecular weight is 279 g/mol. The molecular formula is C10H17NO6S. The predicted octanol–water partition coefficient (Wildman–Crippen LogP) is -1.09. The molecule has 8 heteroatoms. The van der Waals surface area contributed by atoms with Gasteiger partial charge in [-0.15, -0.1) is 0 Å². The van der Waals surface area contributed by atoms with E-state index in [1.165, 1.54) is 0 Å². The molecule has 0 saturated carbocycles. The molecule has 0 aromatic heterocycles. The lowest BCUT2D eigenvalue weighted by Gasteiger charge is -2.23. The van der Waals surface area contributed by atoms with E-state index in [0.29, 0.717) is 12.8 Å². The van der Waals surface area contributed by atoms with E-state index in [1.807, 2.05) is 0 Å². The van der Waals surface area contributed by atoms with E-state index >= 15 is 0 Å². The Labute approximate surface area is 105 Å². The molecule has 1 fully saturated rings. The lowest BCUT2D eigenvalue weighted by atomic mass is 10.1. The molecule has 3 N–H and O–H groups in total. The zero-order chi connectivity index (χ0) is 13.8. The van der Waals surface area contributed by atoms with Gasteiger partial charge in [0, 0.05) is 13.0 Å². The van der Waals surface area contributed by atoms with Crippen LogP contribution in [0.15, 0.2) is 0 Å². The molecule has 7 nitrogen and oxygen atoms in total. The van der Waals surface area contributed by atoms with Crippen molar-refractivity contribution in [3.8, 4) is 0 Å². The van der Waals surface area contributed by atoms with Crippen LogP contribution < -0.4 is 5.32 Å². The molecule has 104 valence electrons. The maximum absolute atomic E-state index is 11.8. The van der Waals surface area contributed by atoms with E-state index in [0.717, 1.165) is 0 Å². The summed E-state index contributed by atoms with van der Waals surface area (Å²) < 4.78 is 23.3. The quantitative estimate of drug-likeness (QED) is 0.588. The number of carbonyl (C=O) groups is 2. The SMILES string of the molecule is O=C(N[C@H](CCO)C(=O)O)C1CCCCS1(=O)=O. The number of hydrogen-bond donors (Lipinski definition) is 3. The summed E-state index contributed by atoms with van der Waals surface area (Å²) in [5, 5.41) is 18.5. The van der Waals surface area contributed by atoms with Crippen molar-refractivity contribution in [1.29, 1.82) is 0 Å². The summed E-state index contributed by atoms with van der Waals surface area (Å²) in [5.74, 6) is -2.11. The Morgan fingerprint density at radius 1 is 1.33 bits per heavy atom. The molecule has 0 aliphatic carbocycles. The van der Waals surface area contributed by atoms with Crippen LogP contribution >= 0.6 is 0 Å². The fourth-order valence-corrected chi connectivity index (χ4v) is 3.71. The Balaban J connectivity index is 2.71. The predicted molar refractivity (Wildman–Crippen MR) is 62.7 cm³/mol. The van der Waals surface area contributed by atoms with E-state index < -0.39 is 39.6 Å². The highest BCUT2D eigenvalue weighted by molar-refractivity contribution is 7.92. The van der Waals surface area contributed by atoms with Crippen LogP contribution in [0.3, 0.4) is 0 Å². The summed E-state index contributed by atoms with van der Waals surface area (Å²) in [4.78, 5) is 22.6. The second-order valence-electron chi connectivity index (χ2n) is 4.26. The van der Waals surface area contributed by atoms with E-state index in [1.54, 1.807) is 0 Å². The first-order chi connectivity index (χ1) is 8.38. The van der Waals surface area contributed by atoms with Crippen molar-refractivity contribution in [1.82, 2.24) is 5.32 Å². The number of carbonyl (C=O) groups excluding carboxylic acids is 1. The third-order valence-corrected chi connectivity index (χ3v) is 5.08. The number of hydrogen-bond acceptors (Lipinski definition) is 5. The molecule has 1 aliphatic rings. The molecule has 18 heavy (non-hydrogen) atoms. The number of carboxylic acids is 1. The van der Waals surface area contributed by atoms with Crippen LogP contribution in [0.1, 0.15) is 25.7 Å². The highest BCUT2D eigenvalue weighted by atomic mass is 32.2. The maximum atomic E-state index is 11.8. The van der Waals surface area contributed by atoms with Crippen molar-refractivity contribution in [2.75, 3.05) is 12.4 Å². The first kappa shape index (κ1) is 14.9. The van der Waals surface area contributed by atoms with Gasteiger partial charge in [-0.25, -0.2) is 13.2 Å². The first-order valence-electron chi connectivity index (χ1n) is 5.74. The van der Waals surface area contributed by atoms with E-state index in [4.69, 9.17) is 10.2 Å². The Morgan fingerprint density at radius 2 is 2.00 bits per heavy atom. The number of aliphatic hydroxyl groups is 1. The van der Waals surface area contributed by atoms with Crippen molar-refractivity contribution in [2.24, 2.45) is 0 Å². The minimum atomic E-state index is -3.48. The van der Waals surface area contributed by atoms with Gasteiger partial charge in [-0.1, -0.05) is 6.42 Å². The molecule has 1 saturated heterocycles. The number of aliphatic carboxylic acids is 1. The normalized spacial score (nSPS) is 24.2. The number of aliphatic hydroxyl groups excluding tert-OH is 1. The maximum Gasteiger partial charge on any atom is 0.326 e. The molecule has 1 rings (SSSR count). The van der Waals surface area contributed by atoms with Crippen molar-refractivity contribution in [3.05, 3.63) is 0 Å². The number of carboxylic acid groups (broad SMARTS) is 1. The lowest BCUT2D eigenvalue weighted by Crippen LogP contribution is -2.49. The van der Waals surface area contributed by atoms with Gasteiger partial charge < -0.3 is 15.5 Å². The van der Waals surface area contributed by atoms with Crippen LogP contribution in [0.25, 0.3) is 0 Å². The van der Waals surface area contributed by atoms with Gasteiger partial charge in [-0.2, -0.15) is 0 Å². The van der Waals surface area contributed by atoms with E-state index in [9.17, 15) is 18.0 Å². The minimum absolute atomic E-state index is 0.0389. The average Bonchev–Trinajstić information content (AvgIpc) is 2.27. The van der Waals surface area contributed by atoms with E-state index in [-0.39, 0.29) is 18.6 Å². The van der Waals surface area contributed by atoms with Gasteiger partial charge in [0.25, 0.3) is 0 Å². The fraction of sp³-hybridized carbons (Fsp3) is 0.800. The van der Waals surface area contributed by atoms with Gasteiger partial charge in [-0.05, 0) is 12.8 Å². The molecule has 0 bridgehead atoms. The standard InChI is InChI=1S/C10H17NO6S/c12-5-4-7(10(14)15)11-9(13)8-3-1-2-6-18(8,16)17/h7-8,12H,1-6H2,(H,11,13)(H,14,15)/t7-,8?/m1/s1. The molecular weight excluding hydrogens is 262 g/mol. The van der Waals surface area contributed by atoms with Gasteiger partial charge in [0.2, 0.25) is 5.91 Å². The molecule has 1 aliphatic heterocycles. The van der Waals surface area contributed by atoms with Crippen LogP contribution in [0.2, 0.25) is 0 Å². The summed E-state index contributed by atoms with van der Waals surface area (Å²) in [6, 6.07) is -1.25. The Kier molecular flexibility index (Phi) is 5.09.